The maximum Gasteiger partial charge on any atom is 1.00 e. The van der Waals surface area contributed by atoms with Crippen molar-refractivity contribution in [1.82, 2.24) is 13.7 Å². The van der Waals surface area contributed by atoms with Gasteiger partial charge in [-0.3, -0.25) is 15.0 Å². The fourth-order valence-corrected chi connectivity index (χ4v) is 12.7. The number of rotatable bonds is 21. The van der Waals surface area contributed by atoms with Gasteiger partial charge < -0.3 is 59.4 Å². The zero-order valence-corrected chi connectivity index (χ0v) is 66.5. The minimum atomic E-state index is -0.768. The second-order valence-corrected chi connectivity index (χ2v) is 24.8. The van der Waals surface area contributed by atoms with Crippen LogP contribution < -0.4 is 138 Å². The number of alkyl halides is 2. The molecule has 3 N–H and O–H groups in total. The molecule has 0 atom stereocenters. The molecule has 1 saturated heterocycles. The Morgan fingerprint density at radius 3 is 1.29 bits per heavy atom. The van der Waals surface area contributed by atoms with E-state index in [4.69, 9.17) is 74.3 Å². The SMILES string of the molecule is CCOc1ccc2c(C#N)c(-c3ccc(N)cc3)n(C3CCC3)c2c1.CCOc1ccc2c(C#N)c(-c3ccc(N4CCCOC4=O)cc3)n(C3CCC3)c2c1.CCOc1ccc2c(C#N)c(-c3ccc(NC(=O)OCCCCl)cc3)n(C3CCC3)c2c1.O=C(Cl)OCCCCl.O=CO[O-].[H-].[K+].[K+]. The zero-order valence-electron chi connectivity index (χ0n) is 59.0. The van der Waals surface area contributed by atoms with Gasteiger partial charge in [0.25, 0.3) is 6.47 Å². The van der Waals surface area contributed by atoms with Crippen LogP contribution in [-0.2, 0) is 23.9 Å². The standard InChI is InChI=1S/C25H26ClN3O3.C25H25N3O3.C21H21N3O.C4H6Cl2O2.CH2O3.2K.H/c1-2-31-20-11-12-21-22(16-27)24(29(23(21)15-20)19-5-3-6-19)17-7-9-18(10-8-17)28-25(30)32-14-4-13-26;1-2-30-20-11-12-21-22(16-26)24(28(23(21)15-20)19-5-3-6-19)17-7-9-18(10-8-17)27-13-4-14-31-25(27)29;1-2-25-17-10-11-18-19(13-22)21(14-6-8-15(23)9-7-14)24(20(18)12-17)16-4-3-5-16;5-2-1-3-8-4(6)7;2-1-4-3;;;/h7-12,15,19H,2-6,13-14H2,1H3,(H,28,30);7-12,15,19H,2-6,13-14H2,1H3;6-12,16H,2-5,23H2,1H3;1-3H2;1,3H;;;/q;;;;;2*+1;-1/p-1. The molecule has 4 aliphatic rings. The number of fused-ring (bicyclic) bond motifs is 3. The molecule has 524 valence electrons. The number of amides is 2. The molecular formula is C76H80Cl3K2N9O12. The minimum absolute atomic E-state index is 0. The van der Waals surface area contributed by atoms with E-state index >= 15 is 0 Å². The van der Waals surface area contributed by atoms with Crippen molar-refractivity contribution in [3.05, 3.63) is 144 Å². The Bertz CT molecular complexity index is 4430. The smallest absolute Gasteiger partial charge is 1.00 e. The molecule has 13 rings (SSSR count). The third-order valence-electron chi connectivity index (χ3n) is 17.6. The van der Waals surface area contributed by atoms with Gasteiger partial charge in [-0.15, -0.1) is 23.2 Å². The van der Waals surface area contributed by atoms with Gasteiger partial charge in [-0.05, 0) is 187 Å². The molecule has 102 heavy (non-hydrogen) atoms. The van der Waals surface area contributed by atoms with Crippen molar-refractivity contribution in [3.8, 4) is 69.2 Å². The van der Waals surface area contributed by atoms with Gasteiger partial charge in [-0.1, -0.05) is 36.4 Å². The van der Waals surface area contributed by atoms with Gasteiger partial charge in [-0.25, -0.2) is 14.4 Å². The average Bonchev–Trinajstić information content (AvgIpc) is 1.61. The van der Waals surface area contributed by atoms with Crippen molar-refractivity contribution in [2.45, 2.75) is 116 Å². The van der Waals surface area contributed by atoms with Crippen LogP contribution in [0.15, 0.2) is 127 Å². The molecule has 3 aliphatic carbocycles. The van der Waals surface area contributed by atoms with E-state index < -0.39 is 11.5 Å². The first-order valence-corrected chi connectivity index (χ1v) is 35.0. The first-order valence-electron chi connectivity index (χ1n) is 33.5. The summed E-state index contributed by atoms with van der Waals surface area (Å²) in [5.41, 5.74) is 18.3. The molecule has 6 aromatic carbocycles. The number of anilines is 3. The van der Waals surface area contributed by atoms with Crippen molar-refractivity contribution in [2.75, 3.05) is 73.9 Å². The van der Waals surface area contributed by atoms with Gasteiger partial charge in [-0.2, -0.15) is 15.8 Å². The predicted molar refractivity (Wildman–Crippen MR) is 387 cm³/mol. The maximum absolute atomic E-state index is 12.1. The van der Waals surface area contributed by atoms with Crippen molar-refractivity contribution in [2.24, 2.45) is 0 Å². The summed E-state index contributed by atoms with van der Waals surface area (Å²) in [5, 5.41) is 44.0. The molecule has 4 fully saturated rings. The number of benzene rings is 6. The number of halogens is 3. The van der Waals surface area contributed by atoms with Crippen LogP contribution >= 0.6 is 34.8 Å². The Morgan fingerprint density at radius 2 is 0.971 bits per heavy atom. The molecule has 3 saturated carbocycles. The van der Waals surface area contributed by atoms with Crippen molar-refractivity contribution in [1.29, 1.82) is 15.8 Å². The molecule has 21 nitrogen and oxygen atoms in total. The van der Waals surface area contributed by atoms with E-state index in [2.05, 4.69) is 59.0 Å². The Hall–Kier alpha value is -6.81. The van der Waals surface area contributed by atoms with Gasteiger partial charge in [0, 0.05) is 99.5 Å². The van der Waals surface area contributed by atoms with E-state index in [9.17, 15) is 30.2 Å². The Labute approximate surface area is 695 Å². The fraction of sp³-hybridized carbons (Fsp3) is 0.355. The van der Waals surface area contributed by atoms with Crippen LogP contribution in [-0.4, -0.2) is 95.7 Å². The minimum Gasteiger partial charge on any atom is -1.00 e. The third kappa shape index (κ3) is 20.4. The molecule has 1 aliphatic heterocycles. The van der Waals surface area contributed by atoms with Crippen LogP contribution in [0.2, 0.25) is 0 Å². The molecule has 26 heteroatoms. The molecule has 0 unspecified atom stereocenters. The van der Waals surface area contributed by atoms with Crippen LogP contribution in [0, 0.1) is 34.0 Å². The molecule has 0 bridgehead atoms. The summed E-state index contributed by atoms with van der Waals surface area (Å²) >= 11 is 15.7. The Kier molecular flexibility index (Phi) is 33.7. The Balaban J connectivity index is 0.000000222. The van der Waals surface area contributed by atoms with Gasteiger partial charge in [0.15, 0.2) is 0 Å². The van der Waals surface area contributed by atoms with E-state index in [1.807, 2.05) is 136 Å². The summed E-state index contributed by atoms with van der Waals surface area (Å²) in [4.78, 5) is 46.7. The number of hydrogen-bond acceptors (Lipinski definition) is 16. The van der Waals surface area contributed by atoms with E-state index in [0.29, 0.717) is 99.1 Å². The normalized spacial score (nSPS) is 13.6. The average molecular weight is 1500 g/mol. The number of nitrogens with two attached hydrogens (primary N) is 1. The van der Waals surface area contributed by atoms with E-state index in [1.165, 1.54) is 19.3 Å². The molecule has 9 aromatic rings. The number of ether oxygens (including phenoxy) is 6. The van der Waals surface area contributed by atoms with Crippen LogP contribution in [0.25, 0.3) is 66.5 Å². The largest absolute Gasteiger partial charge is 1.00 e. The first kappa shape index (κ1) is 82.5. The molecule has 2 amide bonds. The second-order valence-electron chi connectivity index (χ2n) is 23.7. The van der Waals surface area contributed by atoms with Crippen LogP contribution in [0.1, 0.15) is 134 Å². The third-order valence-corrected chi connectivity index (χ3v) is 18.2. The number of carbonyl (C=O) groups is 4. The number of nitrogen functional groups attached to an aromatic ring is 1. The fourth-order valence-electron chi connectivity index (χ4n) is 12.4. The summed E-state index contributed by atoms with van der Waals surface area (Å²) < 4.78 is 38.7. The van der Waals surface area contributed by atoms with Crippen molar-refractivity contribution in [3.63, 3.8) is 0 Å². The van der Waals surface area contributed by atoms with Gasteiger partial charge >= 0.3 is 120 Å². The van der Waals surface area contributed by atoms with Crippen molar-refractivity contribution >= 4 is 109 Å². The summed E-state index contributed by atoms with van der Waals surface area (Å²) in [6.45, 7) is 9.29. The summed E-state index contributed by atoms with van der Waals surface area (Å²) in [6, 6.07) is 49.6. The van der Waals surface area contributed by atoms with Crippen LogP contribution in [0.5, 0.6) is 17.2 Å². The topological polar surface area (TPSA) is 283 Å². The zero-order chi connectivity index (χ0) is 71.1. The molecule has 0 spiro atoms. The van der Waals surface area contributed by atoms with E-state index in [1.54, 1.807) is 4.90 Å². The number of carbonyl (C=O) groups excluding carboxylic acids is 4. The summed E-state index contributed by atoms with van der Waals surface area (Å²) in [5.74, 6) is 3.42. The monoisotopic (exact) mass is 1490 g/mol. The van der Waals surface area contributed by atoms with E-state index in [-0.39, 0.29) is 123 Å². The van der Waals surface area contributed by atoms with Gasteiger partial charge in [0.1, 0.15) is 35.5 Å². The number of nitrogens with one attached hydrogen (secondary N) is 1. The maximum atomic E-state index is 12.1. The molecular weight excluding hydrogens is 1420 g/mol. The second kappa shape index (κ2) is 41.6. The summed E-state index contributed by atoms with van der Waals surface area (Å²) in [7, 11) is 0. The van der Waals surface area contributed by atoms with Gasteiger partial charge in [0.05, 0.1) is 90.0 Å². The quantitative estimate of drug-likeness (QED) is 0.00778. The van der Waals surface area contributed by atoms with E-state index in [0.717, 1.165) is 146 Å². The van der Waals surface area contributed by atoms with Crippen molar-refractivity contribution < 1.29 is 162 Å². The van der Waals surface area contributed by atoms with Crippen LogP contribution in [0.3, 0.4) is 0 Å². The number of hydrogen-bond donors (Lipinski definition) is 2. The number of cyclic esters (lactones) is 1. The number of nitriles is 3. The first-order chi connectivity index (χ1) is 48.8. The molecule has 4 heterocycles. The predicted octanol–water partition coefficient (Wildman–Crippen LogP) is 11.6. The van der Waals surface area contributed by atoms with Crippen LogP contribution in [0.4, 0.5) is 31.4 Å². The number of aromatic nitrogens is 3. The number of nitrogens with zero attached hydrogens (tertiary/aromatic N) is 7. The Morgan fingerprint density at radius 1 is 0.598 bits per heavy atom. The molecule has 3 aromatic heterocycles. The van der Waals surface area contributed by atoms with Gasteiger partial charge in [0.2, 0.25) is 0 Å². The molecule has 0 radical (unpaired) electrons. The summed E-state index contributed by atoms with van der Waals surface area (Å²) in [6.07, 6.45) is 11.6.